The third-order valence-corrected chi connectivity index (χ3v) is 6.10. The molecule has 4 atom stereocenters. The summed E-state index contributed by atoms with van der Waals surface area (Å²) in [6.07, 6.45) is 7.76. The van der Waals surface area contributed by atoms with Crippen molar-refractivity contribution in [1.82, 2.24) is 20.2 Å². The number of rotatable bonds is 14. The van der Waals surface area contributed by atoms with E-state index in [0.717, 1.165) is 39.3 Å². The Morgan fingerprint density at radius 2 is 1.79 bits per heavy atom. The zero-order valence-electron chi connectivity index (χ0n) is 24.9. The van der Waals surface area contributed by atoms with Crippen LogP contribution in [0.25, 0.3) is 6.08 Å². The van der Waals surface area contributed by atoms with Crippen LogP contribution in [-0.4, -0.2) is 72.5 Å². The predicted octanol–water partition coefficient (Wildman–Crippen LogP) is 2.91. The molecule has 2 rings (SSSR count). The normalized spacial score (nSPS) is 18.7. The Hall–Kier alpha value is -1.92. The average Bonchev–Trinajstić information content (AvgIpc) is 3.33. The summed E-state index contributed by atoms with van der Waals surface area (Å²) in [6.45, 7) is 11.6. The lowest BCUT2D eigenvalue weighted by Gasteiger charge is -2.17. The smallest absolute Gasteiger partial charge is 0.330 e. The second-order valence-electron chi connectivity index (χ2n) is 7.95. The number of carbonyl (C=O) groups is 1. The highest BCUT2D eigenvalue weighted by atomic mass is 31.2. The molecular weight excluding hydrogens is 527 g/mol. The molecule has 1 fully saturated rings. The summed E-state index contributed by atoms with van der Waals surface area (Å²) < 4.78 is 17.1. The Morgan fingerprint density at radius 1 is 1.18 bits per heavy atom. The molecule has 0 bridgehead atoms. The van der Waals surface area contributed by atoms with Gasteiger partial charge in [0.2, 0.25) is 5.91 Å². The van der Waals surface area contributed by atoms with Crippen molar-refractivity contribution in [3.8, 4) is 0 Å². The molecule has 39 heavy (non-hydrogen) atoms. The van der Waals surface area contributed by atoms with Gasteiger partial charge in [-0.3, -0.25) is 19.1 Å². The number of unbranched alkanes of at least 4 members (excludes halogenated alkanes) is 3. The highest BCUT2D eigenvalue weighted by Crippen LogP contribution is 2.37. The van der Waals surface area contributed by atoms with Crippen LogP contribution >= 0.6 is 8.60 Å². The first-order valence-corrected chi connectivity index (χ1v) is 14.7. The first-order valence-electron chi connectivity index (χ1n) is 13.6. The molecule has 1 saturated heterocycles. The van der Waals surface area contributed by atoms with Crippen LogP contribution in [0.15, 0.2) is 21.9 Å². The van der Waals surface area contributed by atoms with E-state index in [1.54, 1.807) is 0 Å². The van der Waals surface area contributed by atoms with Gasteiger partial charge >= 0.3 is 14.3 Å². The Labute approximate surface area is 234 Å². The molecule has 12 nitrogen and oxygen atoms in total. The number of nitrogens with zero attached hydrogens (tertiary/aromatic N) is 1. The number of aliphatic hydroxyl groups is 1. The quantitative estimate of drug-likeness (QED) is 0.127. The second kappa shape index (κ2) is 25.1. The number of aromatic nitrogens is 2. The van der Waals surface area contributed by atoms with Crippen molar-refractivity contribution in [2.24, 2.45) is 5.92 Å². The van der Waals surface area contributed by atoms with E-state index < -0.39 is 26.1 Å². The minimum absolute atomic E-state index is 0.0529. The first-order chi connectivity index (χ1) is 18.8. The topological polar surface area (TPSA) is 164 Å². The molecule has 1 amide bonds. The molecule has 0 saturated carbocycles. The van der Waals surface area contributed by atoms with Crippen molar-refractivity contribution in [3.63, 3.8) is 0 Å². The number of nitrogens with one attached hydrogen (secondary N) is 3. The molecule has 0 radical (unpaired) electrons. The Bertz CT molecular complexity index is 893. The summed E-state index contributed by atoms with van der Waals surface area (Å²) in [5.74, 6) is -0.249. The minimum atomic E-state index is -1.96. The number of amides is 1. The summed E-state index contributed by atoms with van der Waals surface area (Å²) in [7, 11) is 2.30. The molecule has 4 unspecified atom stereocenters. The van der Waals surface area contributed by atoms with Crippen LogP contribution in [0.3, 0.4) is 0 Å². The summed E-state index contributed by atoms with van der Waals surface area (Å²) >= 11 is 0. The van der Waals surface area contributed by atoms with E-state index in [1.807, 2.05) is 41.7 Å². The predicted molar refractivity (Wildman–Crippen MR) is 156 cm³/mol. The van der Waals surface area contributed by atoms with Gasteiger partial charge in [-0.2, -0.15) is 0 Å². The zero-order chi connectivity index (χ0) is 30.2. The fourth-order valence-corrected chi connectivity index (χ4v) is 3.86. The van der Waals surface area contributed by atoms with E-state index in [9.17, 15) is 19.3 Å². The van der Waals surface area contributed by atoms with Crippen molar-refractivity contribution < 1.29 is 28.6 Å². The molecule has 1 aliphatic rings. The molecule has 1 aromatic rings. The third-order valence-electron chi connectivity index (χ3n) is 5.42. The maximum absolute atomic E-state index is 12.3. The molecule has 0 spiro atoms. The first kappa shape index (κ1) is 39.2. The van der Waals surface area contributed by atoms with Gasteiger partial charge in [-0.05, 0) is 44.8 Å². The van der Waals surface area contributed by atoms with Crippen LogP contribution in [0.2, 0.25) is 0 Å². The van der Waals surface area contributed by atoms with Crippen molar-refractivity contribution in [3.05, 3.63) is 38.7 Å². The molecule has 1 aliphatic heterocycles. The molecular formula is C26H51N4O8P. The Balaban J connectivity index is 0. The maximum Gasteiger partial charge on any atom is 0.330 e. The van der Waals surface area contributed by atoms with Crippen LogP contribution in [0.4, 0.5) is 0 Å². The van der Waals surface area contributed by atoms with Crippen molar-refractivity contribution >= 4 is 20.6 Å². The lowest BCUT2D eigenvalue weighted by molar-refractivity contribution is -0.116. The molecule has 13 heteroatoms. The number of aromatic amines is 1. The van der Waals surface area contributed by atoms with Gasteiger partial charge in [0, 0.05) is 33.0 Å². The third kappa shape index (κ3) is 16.1. The van der Waals surface area contributed by atoms with Crippen LogP contribution in [0.5, 0.6) is 0 Å². The molecule has 2 heterocycles. The van der Waals surface area contributed by atoms with Gasteiger partial charge in [-0.25, -0.2) is 4.79 Å². The summed E-state index contributed by atoms with van der Waals surface area (Å²) in [4.78, 5) is 48.3. The number of carbonyl (C=O) groups excluding carboxylic acids is 1. The summed E-state index contributed by atoms with van der Waals surface area (Å²) in [6, 6.07) is 0. The van der Waals surface area contributed by atoms with E-state index in [4.69, 9.17) is 18.9 Å². The maximum atomic E-state index is 12.3. The van der Waals surface area contributed by atoms with Crippen LogP contribution in [0, 0.1) is 5.92 Å². The van der Waals surface area contributed by atoms with Gasteiger partial charge in [0.1, 0.15) is 6.23 Å². The second-order valence-corrected chi connectivity index (χ2v) is 9.05. The van der Waals surface area contributed by atoms with Gasteiger partial charge in [0.15, 0.2) is 0 Å². The fraction of sp³-hybridized carbons (Fsp3) is 0.731. The number of hydrogen-bond acceptors (Lipinski definition) is 9. The fourth-order valence-electron chi connectivity index (χ4n) is 3.48. The van der Waals surface area contributed by atoms with E-state index in [0.29, 0.717) is 13.0 Å². The molecule has 228 valence electrons. The minimum Gasteiger partial charge on any atom is -0.400 e. The van der Waals surface area contributed by atoms with Gasteiger partial charge in [-0.1, -0.05) is 47.5 Å². The molecule has 5 N–H and O–H groups in total. The van der Waals surface area contributed by atoms with Gasteiger partial charge in [-0.15, -0.1) is 0 Å². The van der Waals surface area contributed by atoms with Crippen LogP contribution < -0.4 is 21.9 Å². The number of ether oxygens (including phenoxy) is 1. The van der Waals surface area contributed by atoms with Crippen molar-refractivity contribution in [2.45, 2.75) is 79.1 Å². The van der Waals surface area contributed by atoms with Gasteiger partial charge in [0.25, 0.3) is 5.56 Å². The lowest BCUT2D eigenvalue weighted by atomic mass is 10.0. The van der Waals surface area contributed by atoms with E-state index in [2.05, 4.69) is 15.6 Å². The SMILES string of the molecule is CC.CC.CNCCCCCCNC(=O)/C=C/c1cn(C2CC(C)C(COP(O)OC)O2)c(=O)[nH]c1=O.CO. The summed E-state index contributed by atoms with van der Waals surface area (Å²) in [5.41, 5.74) is -1.01. The number of aliphatic hydroxyl groups excluding tert-OH is 1. The Morgan fingerprint density at radius 3 is 2.38 bits per heavy atom. The van der Waals surface area contributed by atoms with Crippen molar-refractivity contribution in [1.29, 1.82) is 0 Å². The average molecular weight is 579 g/mol. The monoisotopic (exact) mass is 578 g/mol. The Kier molecular flexibility index (Phi) is 25.2. The zero-order valence-corrected chi connectivity index (χ0v) is 25.8. The van der Waals surface area contributed by atoms with E-state index >= 15 is 0 Å². The molecule has 0 aliphatic carbocycles. The van der Waals surface area contributed by atoms with Gasteiger partial charge < -0.3 is 34.4 Å². The largest absolute Gasteiger partial charge is 0.400 e. The van der Waals surface area contributed by atoms with Crippen molar-refractivity contribution in [2.75, 3.05) is 41.0 Å². The standard InChI is InChI=1S/C21H35N4O7P.2C2H6.CH4O/c1-15-12-19(32-17(15)14-31-33(29)30-3)25-13-16(20(27)24-21(25)28)8-9-18(26)23-11-7-5-4-6-10-22-2;3*1-2/h8-9,13,15,17,19,22,29H,4-7,10-12,14H2,1-3H3,(H,23,26)(H,24,27,28);2*1-2H3;2H,1H3/b9-8+;;;. The number of hydrogen-bond donors (Lipinski definition) is 5. The number of H-pyrrole nitrogens is 1. The van der Waals surface area contributed by atoms with Gasteiger partial charge in [0.05, 0.1) is 18.3 Å². The molecule has 1 aromatic heterocycles. The highest BCUT2D eigenvalue weighted by molar-refractivity contribution is 7.40. The molecule has 0 aromatic carbocycles. The van der Waals surface area contributed by atoms with E-state index in [-0.39, 0.29) is 30.1 Å². The summed E-state index contributed by atoms with van der Waals surface area (Å²) in [5, 5.41) is 12.9. The van der Waals surface area contributed by atoms with Crippen LogP contribution in [-0.2, 0) is 18.6 Å². The lowest BCUT2D eigenvalue weighted by Crippen LogP contribution is -2.33. The van der Waals surface area contributed by atoms with Crippen LogP contribution in [0.1, 0.15) is 78.5 Å². The van der Waals surface area contributed by atoms with E-state index in [1.165, 1.54) is 30.0 Å². The highest BCUT2D eigenvalue weighted by Gasteiger charge is 2.34.